The average Bonchev–Trinajstić information content (AvgIpc) is 3.70. The number of likely N-dealkylation sites (tertiary alicyclic amines) is 1. The summed E-state index contributed by atoms with van der Waals surface area (Å²) in [5, 5.41) is 9.12. The molecule has 2 saturated heterocycles. The lowest BCUT2D eigenvalue weighted by Gasteiger charge is -2.37. The third-order valence-electron chi connectivity index (χ3n) is 7.92. The Balaban J connectivity index is 1.12. The van der Waals surface area contributed by atoms with E-state index in [-0.39, 0.29) is 5.56 Å². The Morgan fingerprint density at radius 1 is 0.974 bits per heavy atom. The van der Waals surface area contributed by atoms with Crippen molar-refractivity contribution in [2.75, 3.05) is 24.5 Å². The van der Waals surface area contributed by atoms with Gasteiger partial charge >= 0.3 is 12.1 Å². The summed E-state index contributed by atoms with van der Waals surface area (Å²) in [4.78, 5) is 27.7. The summed E-state index contributed by atoms with van der Waals surface area (Å²) in [5.41, 5.74) is 3.79. The van der Waals surface area contributed by atoms with Crippen LogP contribution < -0.4 is 4.90 Å². The lowest BCUT2D eigenvalue weighted by molar-refractivity contribution is -0.000983. The zero-order valence-corrected chi connectivity index (χ0v) is 20.8. The maximum absolute atomic E-state index is 14.5. The number of halogens is 2. The number of aromatic carboxylic acids is 1. The number of carbonyl (C=O) groups is 2. The number of rotatable bonds is 6. The third kappa shape index (κ3) is 4.76. The van der Waals surface area contributed by atoms with Crippen LogP contribution in [0.25, 0.3) is 11.1 Å². The molecular weight excluding hydrogens is 490 g/mol. The van der Waals surface area contributed by atoms with E-state index in [0.29, 0.717) is 36.6 Å². The fourth-order valence-electron chi connectivity index (χ4n) is 5.64. The largest absolute Gasteiger partial charge is 0.478 e. The van der Waals surface area contributed by atoms with Crippen molar-refractivity contribution < 1.29 is 28.2 Å². The van der Waals surface area contributed by atoms with Crippen LogP contribution in [0.15, 0.2) is 60.7 Å². The van der Waals surface area contributed by atoms with Gasteiger partial charge in [-0.3, -0.25) is 9.80 Å². The minimum absolute atomic E-state index is 0.171. The third-order valence-corrected chi connectivity index (χ3v) is 7.92. The monoisotopic (exact) mass is 518 g/mol. The summed E-state index contributed by atoms with van der Waals surface area (Å²) in [5.74, 6) is -1.72. The molecule has 1 N–H and O–H groups in total. The van der Waals surface area contributed by atoms with Gasteiger partial charge < -0.3 is 9.84 Å². The SMILES string of the molecule is O=C(O)c1ccc(N2CC3(CCN(Cc4ccc(-c5ccc(F)cc5F)c(C5CC5)c4)CC3)OC2=O)cc1. The van der Waals surface area contributed by atoms with Gasteiger partial charge in [-0.05, 0) is 71.8 Å². The highest BCUT2D eigenvalue weighted by molar-refractivity contribution is 5.92. The predicted molar refractivity (Wildman–Crippen MR) is 138 cm³/mol. The minimum Gasteiger partial charge on any atom is -0.478 e. The summed E-state index contributed by atoms with van der Waals surface area (Å²) < 4.78 is 33.8. The highest BCUT2D eigenvalue weighted by Crippen LogP contribution is 2.45. The summed E-state index contributed by atoms with van der Waals surface area (Å²) in [6.45, 7) is 2.73. The summed E-state index contributed by atoms with van der Waals surface area (Å²) in [6.07, 6.45) is 3.16. The van der Waals surface area contributed by atoms with Crippen molar-refractivity contribution in [1.29, 1.82) is 0 Å². The van der Waals surface area contributed by atoms with Gasteiger partial charge in [0.15, 0.2) is 0 Å². The molecule has 2 aliphatic heterocycles. The minimum atomic E-state index is -1.01. The van der Waals surface area contributed by atoms with Crippen LogP contribution in [0.4, 0.5) is 19.3 Å². The molecule has 38 heavy (non-hydrogen) atoms. The van der Waals surface area contributed by atoms with Gasteiger partial charge in [-0.2, -0.15) is 0 Å². The van der Waals surface area contributed by atoms with Gasteiger partial charge in [0.2, 0.25) is 0 Å². The van der Waals surface area contributed by atoms with E-state index in [9.17, 15) is 18.4 Å². The Kier molecular flexibility index (Phi) is 6.14. The molecule has 8 heteroatoms. The molecule has 1 spiro atoms. The molecule has 2 heterocycles. The van der Waals surface area contributed by atoms with Crippen LogP contribution in [0.3, 0.4) is 0 Å². The molecular formula is C30H28F2N2O4. The number of hydrogen-bond acceptors (Lipinski definition) is 4. The van der Waals surface area contributed by atoms with Crippen LogP contribution in [0, 0.1) is 11.6 Å². The van der Waals surface area contributed by atoms with Crippen molar-refractivity contribution in [2.24, 2.45) is 0 Å². The summed E-state index contributed by atoms with van der Waals surface area (Å²) >= 11 is 0. The van der Waals surface area contributed by atoms with E-state index in [1.807, 2.05) is 12.1 Å². The first-order chi connectivity index (χ1) is 18.3. The smallest absolute Gasteiger partial charge is 0.415 e. The Bertz CT molecular complexity index is 1400. The van der Waals surface area contributed by atoms with Crippen LogP contribution in [0.1, 0.15) is 53.1 Å². The van der Waals surface area contributed by atoms with E-state index >= 15 is 0 Å². The fraction of sp³-hybridized carbons (Fsp3) is 0.333. The second-order valence-electron chi connectivity index (χ2n) is 10.6. The molecule has 3 aromatic carbocycles. The molecule has 0 unspecified atom stereocenters. The predicted octanol–water partition coefficient (Wildman–Crippen LogP) is 6.20. The number of anilines is 1. The van der Waals surface area contributed by atoms with E-state index in [4.69, 9.17) is 9.84 Å². The molecule has 0 atom stereocenters. The van der Waals surface area contributed by atoms with Crippen molar-refractivity contribution in [3.63, 3.8) is 0 Å². The van der Waals surface area contributed by atoms with Gasteiger partial charge in [0.1, 0.15) is 17.2 Å². The summed E-state index contributed by atoms with van der Waals surface area (Å²) in [6, 6.07) is 16.1. The Hall–Kier alpha value is -3.78. The molecule has 1 saturated carbocycles. The standard InChI is InChI=1S/C30H28F2N2O4/c31-22-6-10-25(27(32)16-22)24-9-1-19(15-26(24)20-2-3-20)17-33-13-11-30(12-14-33)18-34(29(37)38-30)23-7-4-21(5-8-23)28(35)36/h1,4-10,15-16,20H,2-3,11-14,17-18H2,(H,35,36). The van der Waals surface area contributed by atoms with Crippen LogP contribution in [-0.2, 0) is 11.3 Å². The maximum atomic E-state index is 14.5. The van der Waals surface area contributed by atoms with E-state index in [2.05, 4.69) is 11.0 Å². The quantitative estimate of drug-likeness (QED) is 0.421. The lowest BCUT2D eigenvalue weighted by Crippen LogP contribution is -2.46. The Morgan fingerprint density at radius 2 is 1.68 bits per heavy atom. The molecule has 0 bridgehead atoms. The van der Waals surface area contributed by atoms with Crippen LogP contribution in [-0.4, -0.2) is 47.3 Å². The molecule has 1 amide bonds. The van der Waals surface area contributed by atoms with Crippen molar-refractivity contribution in [3.05, 3.63) is 89.0 Å². The lowest BCUT2D eigenvalue weighted by atomic mass is 9.90. The van der Waals surface area contributed by atoms with Gasteiger partial charge in [-0.1, -0.05) is 18.2 Å². The number of carboxylic acids is 1. The van der Waals surface area contributed by atoms with E-state index in [0.717, 1.165) is 55.2 Å². The Morgan fingerprint density at radius 3 is 2.34 bits per heavy atom. The van der Waals surface area contributed by atoms with Gasteiger partial charge in [0, 0.05) is 49.8 Å². The number of hydrogen-bond donors (Lipinski definition) is 1. The number of ether oxygens (including phenoxy) is 1. The van der Waals surface area contributed by atoms with E-state index in [1.54, 1.807) is 17.0 Å². The van der Waals surface area contributed by atoms with Crippen molar-refractivity contribution in [1.82, 2.24) is 4.90 Å². The molecule has 1 aliphatic carbocycles. The van der Waals surface area contributed by atoms with Crippen LogP contribution >= 0.6 is 0 Å². The van der Waals surface area contributed by atoms with Gasteiger partial charge in [0.05, 0.1) is 12.1 Å². The Labute approximate surface area is 219 Å². The maximum Gasteiger partial charge on any atom is 0.415 e. The highest BCUT2D eigenvalue weighted by atomic mass is 19.1. The average molecular weight is 519 g/mol. The molecule has 3 fully saturated rings. The summed E-state index contributed by atoms with van der Waals surface area (Å²) in [7, 11) is 0. The molecule has 3 aliphatic rings. The number of nitrogens with zero attached hydrogens (tertiary/aromatic N) is 2. The number of carbonyl (C=O) groups excluding carboxylic acids is 1. The first-order valence-corrected chi connectivity index (χ1v) is 12.9. The number of carboxylic acid groups (broad SMARTS) is 1. The van der Waals surface area contributed by atoms with Gasteiger partial charge in [0.25, 0.3) is 0 Å². The van der Waals surface area contributed by atoms with Crippen molar-refractivity contribution >= 4 is 17.7 Å². The topological polar surface area (TPSA) is 70.1 Å². The van der Waals surface area contributed by atoms with Gasteiger partial charge in [-0.15, -0.1) is 0 Å². The van der Waals surface area contributed by atoms with E-state index < -0.39 is 29.3 Å². The van der Waals surface area contributed by atoms with Crippen LogP contribution in [0.5, 0.6) is 0 Å². The molecule has 196 valence electrons. The zero-order valence-electron chi connectivity index (χ0n) is 20.8. The molecule has 6 rings (SSSR count). The number of amides is 1. The number of benzene rings is 3. The van der Waals surface area contributed by atoms with Crippen molar-refractivity contribution in [2.45, 2.75) is 43.7 Å². The second kappa shape index (κ2) is 9.51. The molecule has 0 aromatic heterocycles. The first kappa shape index (κ1) is 24.6. The molecule has 0 radical (unpaired) electrons. The van der Waals surface area contributed by atoms with Crippen molar-refractivity contribution in [3.8, 4) is 11.1 Å². The first-order valence-electron chi connectivity index (χ1n) is 12.9. The number of piperidine rings is 1. The fourth-order valence-corrected chi connectivity index (χ4v) is 5.64. The highest BCUT2D eigenvalue weighted by Gasteiger charge is 2.47. The van der Waals surface area contributed by atoms with Gasteiger partial charge in [-0.25, -0.2) is 18.4 Å². The zero-order chi connectivity index (χ0) is 26.4. The van der Waals surface area contributed by atoms with Crippen LogP contribution in [0.2, 0.25) is 0 Å². The van der Waals surface area contributed by atoms with E-state index in [1.165, 1.54) is 24.3 Å². The molecule has 6 nitrogen and oxygen atoms in total. The molecule has 3 aromatic rings. The second-order valence-corrected chi connectivity index (χ2v) is 10.6. The normalized spacial score (nSPS) is 19.1.